The first-order chi connectivity index (χ1) is 13.4. The summed E-state index contributed by atoms with van der Waals surface area (Å²) in [5, 5.41) is 16.1. The third-order valence-electron chi connectivity index (χ3n) is 4.10. The summed E-state index contributed by atoms with van der Waals surface area (Å²) in [5.41, 5.74) is 1.78. The Balaban J connectivity index is 1.68. The van der Waals surface area contributed by atoms with Gasteiger partial charge in [-0.1, -0.05) is 11.2 Å². The van der Waals surface area contributed by atoms with Crippen LogP contribution in [-0.2, 0) is 6.61 Å². The molecule has 3 aromatic heterocycles. The Morgan fingerprint density at radius 1 is 1.25 bits per heavy atom. The number of aliphatic hydroxyl groups is 1. The van der Waals surface area contributed by atoms with Gasteiger partial charge in [-0.15, -0.1) is 0 Å². The average Bonchev–Trinajstić information content (AvgIpc) is 3.07. The number of aliphatic hydroxyl groups excluding tert-OH is 1. The number of hydrogen-bond donors (Lipinski definition) is 2. The maximum absolute atomic E-state index is 12.2. The van der Waals surface area contributed by atoms with Crippen LogP contribution in [0, 0.1) is 6.92 Å². The summed E-state index contributed by atoms with van der Waals surface area (Å²) in [5.74, 6) is 0.693. The van der Waals surface area contributed by atoms with Crippen LogP contribution in [0.5, 0.6) is 5.88 Å². The van der Waals surface area contributed by atoms with Crippen molar-refractivity contribution >= 4 is 5.91 Å². The summed E-state index contributed by atoms with van der Waals surface area (Å²) in [6, 6.07) is 8.78. The molecule has 3 aromatic rings. The van der Waals surface area contributed by atoms with E-state index in [4.69, 9.17) is 9.26 Å². The van der Waals surface area contributed by atoms with Gasteiger partial charge >= 0.3 is 0 Å². The molecule has 0 aliphatic heterocycles. The SMILES string of the molecule is Cc1onc(-c2ccccn2)c1COc1ccc(C(=O)NC(C)(C)CO)cn1. The normalized spacial score (nSPS) is 11.3. The van der Waals surface area contributed by atoms with E-state index in [9.17, 15) is 9.90 Å². The second-order valence-electron chi connectivity index (χ2n) is 6.95. The third kappa shape index (κ3) is 4.52. The van der Waals surface area contributed by atoms with E-state index in [2.05, 4.69) is 20.4 Å². The minimum atomic E-state index is -0.708. The molecule has 8 nitrogen and oxygen atoms in total. The largest absolute Gasteiger partial charge is 0.473 e. The monoisotopic (exact) mass is 382 g/mol. The second-order valence-corrected chi connectivity index (χ2v) is 6.95. The van der Waals surface area contributed by atoms with Gasteiger partial charge in [0.15, 0.2) is 0 Å². The molecule has 3 heterocycles. The first-order valence-corrected chi connectivity index (χ1v) is 8.78. The van der Waals surface area contributed by atoms with Crippen molar-refractivity contribution in [1.82, 2.24) is 20.4 Å². The number of carbonyl (C=O) groups is 1. The van der Waals surface area contributed by atoms with E-state index in [1.54, 1.807) is 32.2 Å². The lowest BCUT2D eigenvalue weighted by Crippen LogP contribution is -2.46. The first kappa shape index (κ1) is 19.5. The number of pyridine rings is 2. The minimum Gasteiger partial charge on any atom is -0.473 e. The fourth-order valence-electron chi connectivity index (χ4n) is 2.43. The number of rotatable bonds is 7. The molecule has 0 fully saturated rings. The lowest BCUT2D eigenvalue weighted by molar-refractivity contribution is 0.0869. The van der Waals surface area contributed by atoms with Crippen LogP contribution in [0.1, 0.15) is 35.5 Å². The zero-order chi connectivity index (χ0) is 20.1. The van der Waals surface area contributed by atoms with E-state index in [0.717, 1.165) is 5.56 Å². The van der Waals surface area contributed by atoms with Crippen LogP contribution in [0.3, 0.4) is 0 Å². The van der Waals surface area contributed by atoms with Gasteiger partial charge in [0.05, 0.1) is 29.0 Å². The summed E-state index contributed by atoms with van der Waals surface area (Å²) < 4.78 is 11.0. The highest BCUT2D eigenvalue weighted by Gasteiger charge is 2.20. The molecule has 3 rings (SSSR count). The quantitative estimate of drug-likeness (QED) is 0.646. The third-order valence-corrected chi connectivity index (χ3v) is 4.10. The van der Waals surface area contributed by atoms with Crippen molar-refractivity contribution in [3.63, 3.8) is 0 Å². The van der Waals surface area contributed by atoms with Gasteiger partial charge in [0.25, 0.3) is 5.91 Å². The van der Waals surface area contributed by atoms with Crippen LogP contribution in [0.2, 0.25) is 0 Å². The van der Waals surface area contributed by atoms with Crippen LogP contribution in [0.15, 0.2) is 47.2 Å². The molecule has 0 saturated carbocycles. The molecule has 0 atom stereocenters. The predicted octanol–water partition coefficient (Wildman–Crippen LogP) is 2.52. The van der Waals surface area contributed by atoms with Crippen molar-refractivity contribution in [1.29, 1.82) is 0 Å². The van der Waals surface area contributed by atoms with E-state index >= 15 is 0 Å². The molecule has 28 heavy (non-hydrogen) atoms. The summed E-state index contributed by atoms with van der Waals surface area (Å²) in [7, 11) is 0. The second kappa shape index (κ2) is 8.18. The highest BCUT2D eigenvalue weighted by atomic mass is 16.5. The van der Waals surface area contributed by atoms with Crippen molar-refractivity contribution in [2.24, 2.45) is 0 Å². The molecule has 146 valence electrons. The smallest absolute Gasteiger partial charge is 0.253 e. The van der Waals surface area contributed by atoms with Crippen LogP contribution in [0.25, 0.3) is 11.4 Å². The molecule has 0 saturated heterocycles. The number of nitrogens with one attached hydrogen (secondary N) is 1. The van der Waals surface area contributed by atoms with Gasteiger partial charge < -0.3 is 19.7 Å². The number of aryl methyl sites for hydroxylation is 1. The molecule has 0 bridgehead atoms. The van der Waals surface area contributed by atoms with Gasteiger partial charge in [-0.3, -0.25) is 9.78 Å². The Labute approximate surface area is 162 Å². The molecule has 2 N–H and O–H groups in total. The lowest BCUT2D eigenvalue weighted by atomic mass is 10.1. The number of carbonyl (C=O) groups excluding carboxylic acids is 1. The van der Waals surface area contributed by atoms with Gasteiger partial charge in [-0.2, -0.15) is 0 Å². The van der Waals surface area contributed by atoms with Crippen LogP contribution in [-0.4, -0.2) is 38.3 Å². The maximum Gasteiger partial charge on any atom is 0.253 e. The fourth-order valence-corrected chi connectivity index (χ4v) is 2.43. The molecule has 0 radical (unpaired) electrons. The van der Waals surface area contributed by atoms with E-state index in [1.165, 1.54) is 6.20 Å². The Hall–Kier alpha value is -3.26. The number of nitrogens with zero attached hydrogens (tertiary/aromatic N) is 3. The van der Waals surface area contributed by atoms with E-state index in [1.807, 2.05) is 25.1 Å². The average molecular weight is 382 g/mol. The molecule has 0 aromatic carbocycles. The lowest BCUT2D eigenvalue weighted by Gasteiger charge is -2.23. The van der Waals surface area contributed by atoms with Gasteiger partial charge in [0.2, 0.25) is 5.88 Å². The molecule has 1 amide bonds. The minimum absolute atomic E-state index is 0.163. The van der Waals surface area contributed by atoms with Crippen LogP contribution in [0.4, 0.5) is 0 Å². The molecule has 0 aliphatic carbocycles. The van der Waals surface area contributed by atoms with Crippen molar-refractivity contribution < 1.29 is 19.2 Å². The Morgan fingerprint density at radius 2 is 2.07 bits per heavy atom. The van der Waals surface area contributed by atoms with Gasteiger partial charge in [-0.25, -0.2) is 4.98 Å². The molecule has 0 aliphatic rings. The maximum atomic E-state index is 12.2. The summed E-state index contributed by atoms with van der Waals surface area (Å²) >= 11 is 0. The topological polar surface area (TPSA) is 110 Å². The number of aromatic nitrogens is 3. The number of ether oxygens (including phenoxy) is 1. The van der Waals surface area contributed by atoms with Crippen molar-refractivity contribution in [2.75, 3.05) is 6.61 Å². The Morgan fingerprint density at radius 3 is 2.71 bits per heavy atom. The predicted molar refractivity (Wildman–Crippen MR) is 102 cm³/mol. The van der Waals surface area contributed by atoms with Crippen molar-refractivity contribution in [3.05, 3.63) is 59.6 Å². The summed E-state index contributed by atoms with van der Waals surface area (Å²) in [6.45, 7) is 5.32. The number of hydrogen-bond acceptors (Lipinski definition) is 7. The standard InChI is InChI=1S/C20H22N4O4/c1-13-15(18(24-28-13)16-6-4-5-9-21-16)11-27-17-8-7-14(10-22-17)19(26)23-20(2,3)12-25/h4-10,25H,11-12H2,1-3H3,(H,23,26). The summed E-state index contributed by atoms with van der Waals surface area (Å²) in [6.07, 6.45) is 3.12. The highest BCUT2D eigenvalue weighted by Crippen LogP contribution is 2.24. The zero-order valence-electron chi connectivity index (χ0n) is 16.0. The molecule has 0 unspecified atom stereocenters. The highest BCUT2D eigenvalue weighted by molar-refractivity contribution is 5.94. The molecular formula is C20H22N4O4. The van der Waals surface area contributed by atoms with E-state index in [-0.39, 0.29) is 19.1 Å². The molecule has 8 heteroatoms. The number of amides is 1. The molecular weight excluding hydrogens is 360 g/mol. The fraction of sp³-hybridized carbons (Fsp3) is 0.300. The van der Waals surface area contributed by atoms with Gasteiger partial charge in [0.1, 0.15) is 18.1 Å². The zero-order valence-corrected chi connectivity index (χ0v) is 16.0. The van der Waals surface area contributed by atoms with Crippen LogP contribution < -0.4 is 10.1 Å². The van der Waals surface area contributed by atoms with Gasteiger partial charge in [-0.05, 0) is 39.0 Å². The van der Waals surface area contributed by atoms with E-state index in [0.29, 0.717) is 28.6 Å². The first-order valence-electron chi connectivity index (χ1n) is 8.78. The van der Waals surface area contributed by atoms with Crippen molar-refractivity contribution in [2.45, 2.75) is 32.9 Å². The van der Waals surface area contributed by atoms with Crippen LogP contribution >= 0.6 is 0 Å². The summed E-state index contributed by atoms with van der Waals surface area (Å²) in [4.78, 5) is 20.7. The Bertz CT molecular complexity index is 937. The molecule has 0 spiro atoms. The van der Waals surface area contributed by atoms with Crippen molar-refractivity contribution in [3.8, 4) is 17.3 Å². The Kier molecular flexibility index (Phi) is 5.70. The van der Waals surface area contributed by atoms with Gasteiger partial charge in [0, 0.05) is 18.5 Å². The van der Waals surface area contributed by atoms with E-state index < -0.39 is 5.54 Å².